The topological polar surface area (TPSA) is 139 Å². The van der Waals surface area contributed by atoms with Crippen LogP contribution >= 0.6 is 0 Å². The minimum absolute atomic E-state index is 0.214. The van der Waals surface area contributed by atoms with Gasteiger partial charge in [0.25, 0.3) is 0 Å². The molecule has 0 radical (unpaired) electrons. The van der Waals surface area contributed by atoms with Crippen molar-refractivity contribution in [3.05, 3.63) is 95.3 Å². The van der Waals surface area contributed by atoms with Gasteiger partial charge < -0.3 is 11.5 Å². The van der Waals surface area contributed by atoms with Crippen LogP contribution in [0.5, 0.6) is 0 Å². The van der Waals surface area contributed by atoms with Gasteiger partial charge in [-0.15, -0.1) is 0 Å². The Morgan fingerprint density at radius 2 is 1.32 bits per heavy atom. The van der Waals surface area contributed by atoms with Crippen LogP contribution < -0.4 is 11.5 Å². The highest BCUT2D eigenvalue weighted by molar-refractivity contribution is 5.94. The summed E-state index contributed by atoms with van der Waals surface area (Å²) in [6.07, 6.45) is 12.5. The first-order chi connectivity index (χ1) is 21.4. The highest BCUT2D eigenvalue weighted by Crippen LogP contribution is 2.39. The largest absolute Gasteiger partial charge is 0.383 e. The third-order valence-corrected chi connectivity index (χ3v) is 7.74. The molecule has 4 N–H and O–H groups in total. The number of rotatable bonds is 7. The zero-order valence-electron chi connectivity index (χ0n) is 23.8. The number of hydrogen-bond donors (Lipinski definition) is 2. The maximum atomic E-state index is 13.3. The van der Waals surface area contributed by atoms with E-state index in [1.54, 1.807) is 18.2 Å². The van der Waals surface area contributed by atoms with E-state index in [4.69, 9.17) is 16.6 Å². The average Bonchev–Trinajstić information content (AvgIpc) is 3.96. The van der Waals surface area contributed by atoms with Crippen LogP contribution in [0.4, 0.5) is 20.4 Å². The van der Waals surface area contributed by atoms with Gasteiger partial charge in [-0.3, -0.25) is 0 Å². The fourth-order valence-electron chi connectivity index (χ4n) is 5.27. The highest BCUT2D eigenvalue weighted by atomic mass is 19.1. The Labute approximate surface area is 251 Å². The molecule has 0 atom stereocenters. The minimum Gasteiger partial charge on any atom is -0.383 e. The van der Waals surface area contributed by atoms with Crippen LogP contribution in [0.2, 0.25) is 0 Å². The highest BCUT2D eigenvalue weighted by Gasteiger charge is 2.29. The van der Waals surface area contributed by atoms with Crippen molar-refractivity contribution in [3.63, 3.8) is 0 Å². The van der Waals surface area contributed by atoms with Gasteiger partial charge in [0.05, 0.1) is 34.2 Å². The molecule has 12 heteroatoms. The maximum Gasteiger partial charge on any atom is 0.164 e. The quantitative estimate of drug-likeness (QED) is 0.240. The lowest BCUT2D eigenvalue weighted by Gasteiger charge is -2.01. The van der Waals surface area contributed by atoms with Crippen molar-refractivity contribution in [3.8, 4) is 0 Å². The molecule has 4 aromatic heterocycles. The molecule has 8 rings (SSSR count). The zero-order chi connectivity index (χ0) is 30.2. The van der Waals surface area contributed by atoms with Gasteiger partial charge in [-0.1, -0.05) is 30.3 Å². The number of nitrogen functional groups attached to an aromatic ring is 2. The number of halogens is 2. The van der Waals surface area contributed by atoms with Crippen LogP contribution in [0.15, 0.2) is 61.2 Å². The lowest BCUT2D eigenvalue weighted by molar-refractivity contribution is 0.624. The fraction of sp³-hybridized carbons (Fsp3) is 0.250. The van der Waals surface area contributed by atoms with Crippen LogP contribution in [0.3, 0.4) is 0 Å². The van der Waals surface area contributed by atoms with Crippen LogP contribution in [-0.4, -0.2) is 39.5 Å². The number of fused-ring (bicyclic) bond motifs is 2. The Morgan fingerprint density at radius 1 is 0.705 bits per heavy atom. The van der Waals surface area contributed by atoms with E-state index in [1.807, 2.05) is 33.6 Å². The van der Waals surface area contributed by atoms with E-state index in [0.29, 0.717) is 42.3 Å². The molecule has 0 amide bonds. The molecular formula is C32H30F2N10. The summed E-state index contributed by atoms with van der Waals surface area (Å²) in [5.41, 5.74) is 16.9. The summed E-state index contributed by atoms with van der Waals surface area (Å²) in [6.45, 7) is 0. The van der Waals surface area contributed by atoms with Crippen molar-refractivity contribution >= 4 is 45.9 Å². The molecule has 2 saturated carbocycles. The molecule has 222 valence electrons. The minimum atomic E-state index is -0.265. The average molecular weight is 593 g/mol. The van der Waals surface area contributed by atoms with Gasteiger partial charge in [-0.2, -0.15) is 10.2 Å². The molecule has 0 spiro atoms. The first kappa shape index (κ1) is 27.6. The number of anilines is 2. The summed E-state index contributed by atoms with van der Waals surface area (Å²) < 4.78 is 30.4. The zero-order valence-corrected chi connectivity index (χ0v) is 23.8. The summed E-state index contributed by atoms with van der Waals surface area (Å²) in [7, 11) is 0. The van der Waals surface area contributed by atoms with Gasteiger partial charge in [0, 0.05) is 0 Å². The normalized spacial score (nSPS) is 14.8. The Bertz CT molecular complexity index is 2010. The maximum absolute atomic E-state index is 13.3. The van der Waals surface area contributed by atoms with Gasteiger partial charge in [-0.05, 0) is 80.0 Å². The van der Waals surface area contributed by atoms with Crippen LogP contribution in [-0.2, 0) is 12.8 Å². The standard InChI is InChI=1S/C16H16FN5.C16H14FN5/c2*17-11-3-1-2-10(8-11)4-7-13-14-15(18)19-9-20-16(14)22(21-13)12-5-6-12/h1-3,8-9,12H,4-7H2,(H2,18,19,20);1-4,7-9,12H,5-6H2,(H2,18,19,20)/b;7-4+. The summed E-state index contributed by atoms with van der Waals surface area (Å²) in [6, 6.07) is 13.9. The molecule has 2 aliphatic carbocycles. The molecule has 0 unspecified atom stereocenters. The van der Waals surface area contributed by atoms with Crippen molar-refractivity contribution in [2.75, 3.05) is 11.5 Å². The number of aromatic nitrogens is 8. The van der Waals surface area contributed by atoms with E-state index in [0.717, 1.165) is 64.6 Å². The summed E-state index contributed by atoms with van der Waals surface area (Å²) >= 11 is 0. The van der Waals surface area contributed by atoms with Crippen LogP contribution in [0.1, 0.15) is 60.3 Å². The van der Waals surface area contributed by atoms with Crippen molar-refractivity contribution in [1.82, 2.24) is 39.5 Å². The lowest BCUT2D eigenvalue weighted by Crippen LogP contribution is -1.99. The Morgan fingerprint density at radius 3 is 1.98 bits per heavy atom. The molecule has 0 bridgehead atoms. The van der Waals surface area contributed by atoms with Crippen LogP contribution in [0.25, 0.3) is 34.2 Å². The predicted octanol–water partition coefficient (Wildman–Crippen LogP) is 5.72. The lowest BCUT2D eigenvalue weighted by atomic mass is 10.1. The first-order valence-corrected chi connectivity index (χ1v) is 14.6. The Balaban J connectivity index is 0.000000142. The fourth-order valence-corrected chi connectivity index (χ4v) is 5.27. The second kappa shape index (κ2) is 11.4. The molecule has 0 saturated heterocycles. The number of nitrogens with two attached hydrogens (primary N) is 2. The Hall–Kier alpha value is -5.26. The molecule has 0 aliphatic heterocycles. The van der Waals surface area contributed by atoms with Crippen LogP contribution in [0, 0.1) is 11.6 Å². The number of aryl methyl sites for hydroxylation is 2. The van der Waals surface area contributed by atoms with Gasteiger partial charge in [0.1, 0.15) is 35.9 Å². The van der Waals surface area contributed by atoms with Gasteiger partial charge in [-0.25, -0.2) is 38.1 Å². The second-order valence-electron chi connectivity index (χ2n) is 11.1. The number of hydrogen-bond acceptors (Lipinski definition) is 8. The molecule has 2 aliphatic rings. The summed E-state index contributed by atoms with van der Waals surface area (Å²) in [4.78, 5) is 16.8. The number of benzene rings is 2. The van der Waals surface area contributed by atoms with Gasteiger partial charge in [0.2, 0.25) is 0 Å². The van der Waals surface area contributed by atoms with Crippen molar-refractivity contribution in [2.45, 2.75) is 50.6 Å². The van der Waals surface area contributed by atoms with Crippen molar-refractivity contribution in [1.29, 1.82) is 0 Å². The van der Waals surface area contributed by atoms with E-state index in [1.165, 1.54) is 30.9 Å². The van der Waals surface area contributed by atoms with Gasteiger partial charge in [0.15, 0.2) is 11.3 Å². The SMILES string of the molecule is Nc1ncnc2c1c(/C=C/c1cccc(F)c1)nn2C1CC1.Nc1ncnc2c1c(CCc1cccc(F)c1)nn2C1CC1. The summed E-state index contributed by atoms with van der Waals surface area (Å²) in [5, 5.41) is 10.9. The molecule has 44 heavy (non-hydrogen) atoms. The number of nitrogens with zero attached hydrogens (tertiary/aromatic N) is 8. The summed E-state index contributed by atoms with van der Waals surface area (Å²) in [5.74, 6) is 0.397. The molecular weight excluding hydrogens is 562 g/mol. The van der Waals surface area contributed by atoms with Crippen molar-refractivity contribution in [2.24, 2.45) is 0 Å². The predicted molar refractivity (Wildman–Crippen MR) is 165 cm³/mol. The van der Waals surface area contributed by atoms with E-state index >= 15 is 0 Å². The molecule has 10 nitrogen and oxygen atoms in total. The van der Waals surface area contributed by atoms with Gasteiger partial charge >= 0.3 is 0 Å². The van der Waals surface area contributed by atoms with Crippen molar-refractivity contribution < 1.29 is 8.78 Å². The monoisotopic (exact) mass is 592 g/mol. The Kier molecular flexibility index (Phi) is 7.17. The first-order valence-electron chi connectivity index (χ1n) is 14.6. The van der Waals surface area contributed by atoms with E-state index < -0.39 is 0 Å². The van der Waals surface area contributed by atoms with E-state index in [2.05, 4.69) is 25.0 Å². The second-order valence-corrected chi connectivity index (χ2v) is 11.1. The third kappa shape index (κ3) is 5.70. The third-order valence-electron chi connectivity index (χ3n) is 7.74. The molecule has 6 aromatic rings. The van der Waals surface area contributed by atoms with E-state index in [-0.39, 0.29) is 11.6 Å². The van der Waals surface area contributed by atoms with E-state index in [9.17, 15) is 8.78 Å². The molecule has 2 aromatic carbocycles. The molecule has 4 heterocycles. The smallest absolute Gasteiger partial charge is 0.164 e. The molecule has 2 fully saturated rings.